The first-order chi connectivity index (χ1) is 10.5. The number of benzene rings is 1. The fraction of sp³-hybridized carbons (Fsp3) is 0.375. The molecule has 22 heavy (non-hydrogen) atoms. The summed E-state index contributed by atoms with van der Waals surface area (Å²) in [7, 11) is 0. The molecule has 1 heterocycles. The average molecular weight is 366 g/mol. The van der Waals surface area contributed by atoms with Gasteiger partial charge in [-0.05, 0) is 31.0 Å². The highest BCUT2D eigenvalue weighted by Gasteiger charge is 2.18. The summed E-state index contributed by atoms with van der Waals surface area (Å²) in [6.45, 7) is 7.08. The van der Waals surface area contributed by atoms with Crippen LogP contribution in [-0.4, -0.2) is 28.9 Å². The van der Waals surface area contributed by atoms with Crippen molar-refractivity contribution >= 4 is 27.6 Å². The highest BCUT2D eigenvalue weighted by molar-refractivity contribution is 9.10. The molecule has 5 nitrogen and oxygen atoms in total. The van der Waals surface area contributed by atoms with E-state index >= 15 is 0 Å². The molecule has 118 valence electrons. The van der Waals surface area contributed by atoms with Gasteiger partial charge < -0.3 is 10.1 Å². The lowest BCUT2D eigenvalue weighted by atomic mass is 10.2. The zero-order valence-electron chi connectivity index (χ0n) is 13.0. The van der Waals surface area contributed by atoms with E-state index in [1.54, 1.807) is 11.6 Å². The highest BCUT2D eigenvalue weighted by atomic mass is 79.9. The van der Waals surface area contributed by atoms with E-state index in [2.05, 4.69) is 40.2 Å². The Kier molecular flexibility index (Phi) is 5.60. The third kappa shape index (κ3) is 4.10. The average Bonchev–Trinajstić information content (AvgIpc) is 2.89. The number of rotatable bonds is 6. The summed E-state index contributed by atoms with van der Waals surface area (Å²) in [4.78, 5) is 12.1. The lowest BCUT2D eigenvalue weighted by Crippen LogP contribution is -2.12. The van der Waals surface area contributed by atoms with E-state index in [1.165, 1.54) is 0 Å². The number of halogens is 1. The van der Waals surface area contributed by atoms with Gasteiger partial charge in [0.2, 0.25) is 0 Å². The number of hydrogen-bond acceptors (Lipinski definition) is 4. The molecule has 0 aliphatic rings. The number of aromatic nitrogens is 2. The Morgan fingerprint density at radius 3 is 2.86 bits per heavy atom. The predicted molar refractivity (Wildman–Crippen MR) is 90.5 cm³/mol. The van der Waals surface area contributed by atoms with Crippen LogP contribution in [-0.2, 0) is 4.74 Å². The van der Waals surface area contributed by atoms with Crippen molar-refractivity contribution in [2.75, 3.05) is 18.5 Å². The lowest BCUT2D eigenvalue weighted by molar-refractivity contribution is 0.0520. The molecule has 0 radical (unpaired) electrons. The molecule has 0 saturated heterocycles. The fourth-order valence-electron chi connectivity index (χ4n) is 1.92. The standard InChI is InChI=1S/C16H20BrN3O2/c1-4-22-16(21)15-14(18-9-11(2)3)10-20(19-15)13-7-5-6-12(17)8-13/h5-8,10-11,18H,4,9H2,1-3H3. The minimum Gasteiger partial charge on any atom is -0.461 e. The summed E-state index contributed by atoms with van der Waals surface area (Å²) in [6, 6.07) is 7.73. The van der Waals surface area contributed by atoms with Crippen LogP contribution >= 0.6 is 15.9 Å². The number of ether oxygens (including phenoxy) is 1. The van der Waals surface area contributed by atoms with Crippen LogP contribution in [0.3, 0.4) is 0 Å². The third-order valence-electron chi connectivity index (χ3n) is 2.96. The van der Waals surface area contributed by atoms with Gasteiger partial charge in [-0.3, -0.25) is 0 Å². The first-order valence-corrected chi connectivity index (χ1v) is 8.07. The molecule has 0 aliphatic heterocycles. The number of esters is 1. The van der Waals surface area contributed by atoms with Crippen LogP contribution in [0, 0.1) is 5.92 Å². The van der Waals surface area contributed by atoms with Gasteiger partial charge >= 0.3 is 5.97 Å². The maximum atomic E-state index is 12.1. The molecule has 2 aromatic rings. The Hall–Kier alpha value is -1.82. The summed E-state index contributed by atoms with van der Waals surface area (Å²) in [6.07, 6.45) is 1.82. The van der Waals surface area contributed by atoms with Crippen molar-refractivity contribution in [3.8, 4) is 5.69 Å². The molecule has 0 atom stereocenters. The topological polar surface area (TPSA) is 56.1 Å². The van der Waals surface area contributed by atoms with Gasteiger partial charge in [0.15, 0.2) is 5.69 Å². The molecule has 6 heteroatoms. The zero-order chi connectivity index (χ0) is 16.1. The summed E-state index contributed by atoms with van der Waals surface area (Å²) in [5.41, 5.74) is 1.87. The molecule has 0 saturated carbocycles. The lowest BCUT2D eigenvalue weighted by Gasteiger charge is -2.07. The van der Waals surface area contributed by atoms with Crippen LogP contribution in [0.25, 0.3) is 5.69 Å². The van der Waals surface area contributed by atoms with Crippen molar-refractivity contribution in [1.82, 2.24) is 9.78 Å². The van der Waals surface area contributed by atoms with Gasteiger partial charge in [-0.15, -0.1) is 0 Å². The maximum Gasteiger partial charge on any atom is 0.361 e. The molecular formula is C16H20BrN3O2. The normalized spacial score (nSPS) is 10.8. The number of anilines is 1. The summed E-state index contributed by atoms with van der Waals surface area (Å²) >= 11 is 3.44. The van der Waals surface area contributed by atoms with Gasteiger partial charge in [-0.2, -0.15) is 5.10 Å². The molecule has 0 fully saturated rings. The Labute approximate surface area is 138 Å². The highest BCUT2D eigenvalue weighted by Crippen LogP contribution is 2.21. The van der Waals surface area contributed by atoms with Gasteiger partial charge in [-0.25, -0.2) is 9.48 Å². The second-order valence-electron chi connectivity index (χ2n) is 5.31. The summed E-state index contributed by atoms with van der Waals surface area (Å²) in [5.74, 6) is 0.0479. The third-order valence-corrected chi connectivity index (χ3v) is 3.45. The first-order valence-electron chi connectivity index (χ1n) is 7.27. The molecule has 1 aromatic heterocycles. The van der Waals surface area contributed by atoms with Crippen molar-refractivity contribution in [3.05, 3.63) is 40.6 Å². The van der Waals surface area contributed by atoms with Crippen molar-refractivity contribution in [2.45, 2.75) is 20.8 Å². The molecule has 0 spiro atoms. The van der Waals surface area contributed by atoms with Crippen LogP contribution < -0.4 is 5.32 Å². The Balaban J connectivity index is 2.36. The van der Waals surface area contributed by atoms with E-state index in [4.69, 9.17) is 4.74 Å². The molecule has 0 aliphatic carbocycles. The second-order valence-corrected chi connectivity index (χ2v) is 6.23. The summed E-state index contributed by atoms with van der Waals surface area (Å²) < 4.78 is 7.72. The number of nitrogens with zero attached hydrogens (tertiary/aromatic N) is 2. The van der Waals surface area contributed by atoms with E-state index in [9.17, 15) is 4.79 Å². The van der Waals surface area contributed by atoms with Crippen LogP contribution in [0.15, 0.2) is 34.9 Å². The van der Waals surface area contributed by atoms with Crippen molar-refractivity contribution in [1.29, 1.82) is 0 Å². The SMILES string of the molecule is CCOC(=O)c1nn(-c2cccc(Br)c2)cc1NCC(C)C. The molecule has 2 rings (SSSR count). The van der Waals surface area contributed by atoms with E-state index in [1.807, 2.05) is 30.5 Å². The van der Waals surface area contributed by atoms with Crippen molar-refractivity contribution < 1.29 is 9.53 Å². The number of hydrogen-bond donors (Lipinski definition) is 1. The number of nitrogens with one attached hydrogen (secondary N) is 1. The zero-order valence-corrected chi connectivity index (χ0v) is 14.6. The van der Waals surface area contributed by atoms with Crippen LogP contribution in [0.1, 0.15) is 31.3 Å². The molecule has 1 N–H and O–H groups in total. The molecule has 0 unspecified atom stereocenters. The Morgan fingerprint density at radius 1 is 1.45 bits per heavy atom. The minimum absolute atomic E-state index is 0.308. The quantitative estimate of drug-likeness (QED) is 0.789. The van der Waals surface area contributed by atoms with E-state index < -0.39 is 5.97 Å². The van der Waals surface area contributed by atoms with Gasteiger partial charge in [0, 0.05) is 11.0 Å². The van der Waals surface area contributed by atoms with E-state index in [0.717, 1.165) is 16.7 Å². The van der Waals surface area contributed by atoms with Crippen molar-refractivity contribution in [3.63, 3.8) is 0 Å². The molecule has 0 bridgehead atoms. The van der Waals surface area contributed by atoms with Gasteiger partial charge in [0.05, 0.1) is 24.2 Å². The van der Waals surface area contributed by atoms with Gasteiger partial charge in [0.25, 0.3) is 0 Å². The molecule has 0 amide bonds. The van der Waals surface area contributed by atoms with E-state index in [-0.39, 0.29) is 0 Å². The largest absolute Gasteiger partial charge is 0.461 e. The monoisotopic (exact) mass is 365 g/mol. The van der Waals surface area contributed by atoms with Gasteiger partial charge in [-0.1, -0.05) is 35.8 Å². The smallest absolute Gasteiger partial charge is 0.361 e. The van der Waals surface area contributed by atoms with E-state index in [0.29, 0.717) is 23.9 Å². The predicted octanol–water partition coefficient (Wildman–Crippen LogP) is 3.88. The van der Waals surface area contributed by atoms with Crippen LogP contribution in [0.2, 0.25) is 0 Å². The minimum atomic E-state index is -0.414. The van der Waals surface area contributed by atoms with Crippen LogP contribution in [0.5, 0.6) is 0 Å². The fourth-order valence-corrected chi connectivity index (χ4v) is 2.31. The van der Waals surface area contributed by atoms with Gasteiger partial charge in [0.1, 0.15) is 0 Å². The van der Waals surface area contributed by atoms with Crippen LogP contribution in [0.4, 0.5) is 5.69 Å². The summed E-state index contributed by atoms with van der Waals surface area (Å²) in [5, 5.41) is 7.64. The molecule has 1 aromatic carbocycles. The Bertz CT molecular complexity index is 653. The van der Waals surface area contributed by atoms with Crippen molar-refractivity contribution in [2.24, 2.45) is 5.92 Å². The maximum absolute atomic E-state index is 12.1. The number of carbonyl (C=O) groups is 1. The molecular weight excluding hydrogens is 346 g/mol. The Morgan fingerprint density at radius 2 is 2.23 bits per heavy atom. The second kappa shape index (κ2) is 7.45. The first kappa shape index (κ1) is 16.5. The number of carbonyl (C=O) groups excluding carboxylic acids is 1.